The van der Waals surface area contributed by atoms with E-state index in [1.54, 1.807) is 11.9 Å². The molecule has 0 aliphatic carbocycles. The Morgan fingerprint density at radius 2 is 2.05 bits per heavy atom. The minimum absolute atomic E-state index is 0.0935. The van der Waals surface area contributed by atoms with Crippen molar-refractivity contribution >= 4 is 11.9 Å². The van der Waals surface area contributed by atoms with Crippen molar-refractivity contribution in [3.63, 3.8) is 0 Å². The fourth-order valence-electron chi connectivity index (χ4n) is 2.49. The molecule has 0 spiro atoms. The third kappa shape index (κ3) is 4.05. The van der Waals surface area contributed by atoms with Gasteiger partial charge < -0.3 is 14.5 Å². The number of hydrogen-bond acceptors (Lipinski definition) is 5. The number of ether oxygens (including phenoxy) is 1. The molecule has 1 saturated heterocycles. The molecule has 7 heteroatoms. The van der Waals surface area contributed by atoms with Gasteiger partial charge in [-0.25, -0.2) is 19.2 Å². The monoisotopic (exact) mass is 310 g/mol. The van der Waals surface area contributed by atoms with Crippen molar-refractivity contribution in [3.8, 4) is 0 Å². The molecular formula is C15H23FN4O2. The van der Waals surface area contributed by atoms with Gasteiger partial charge in [0.15, 0.2) is 11.6 Å². The number of carbonyl (C=O) groups is 1. The number of piperidine rings is 1. The Morgan fingerprint density at radius 1 is 1.41 bits per heavy atom. The summed E-state index contributed by atoms with van der Waals surface area (Å²) in [5.41, 5.74) is -0.504. The van der Waals surface area contributed by atoms with Gasteiger partial charge in [0.2, 0.25) is 0 Å². The lowest BCUT2D eigenvalue weighted by Gasteiger charge is -2.37. The first kappa shape index (κ1) is 16.5. The molecule has 0 bridgehead atoms. The summed E-state index contributed by atoms with van der Waals surface area (Å²) >= 11 is 0. The first-order valence-electron chi connectivity index (χ1n) is 7.44. The average molecular weight is 310 g/mol. The van der Waals surface area contributed by atoms with E-state index < -0.39 is 11.4 Å². The summed E-state index contributed by atoms with van der Waals surface area (Å²) < 4.78 is 19.1. The van der Waals surface area contributed by atoms with Crippen molar-refractivity contribution < 1.29 is 13.9 Å². The summed E-state index contributed by atoms with van der Waals surface area (Å²) in [7, 11) is 1.75. The zero-order chi connectivity index (χ0) is 16.3. The van der Waals surface area contributed by atoms with Crippen molar-refractivity contribution in [3.05, 3.63) is 18.3 Å². The van der Waals surface area contributed by atoms with E-state index in [9.17, 15) is 9.18 Å². The van der Waals surface area contributed by atoms with E-state index in [-0.39, 0.29) is 12.1 Å². The van der Waals surface area contributed by atoms with Gasteiger partial charge in [0.05, 0.1) is 6.20 Å². The molecule has 6 nitrogen and oxygen atoms in total. The predicted octanol–water partition coefficient (Wildman–Crippen LogP) is 2.45. The minimum Gasteiger partial charge on any atom is -0.444 e. The summed E-state index contributed by atoms with van der Waals surface area (Å²) in [6.07, 6.45) is 3.69. The van der Waals surface area contributed by atoms with E-state index in [0.717, 1.165) is 12.8 Å². The van der Waals surface area contributed by atoms with Crippen LogP contribution in [0.5, 0.6) is 0 Å². The van der Waals surface area contributed by atoms with E-state index in [4.69, 9.17) is 4.74 Å². The van der Waals surface area contributed by atoms with Gasteiger partial charge in [-0.3, -0.25) is 0 Å². The third-order valence-corrected chi connectivity index (χ3v) is 3.64. The van der Waals surface area contributed by atoms with Crippen molar-refractivity contribution in [1.82, 2.24) is 14.9 Å². The molecule has 122 valence electrons. The minimum atomic E-state index is -0.504. The Labute approximate surface area is 130 Å². The van der Waals surface area contributed by atoms with Crippen LogP contribution in [-0.2, 0) is 4.74 Å². The maximum atomic E-state index is 13.7. The molecule has 2 heterocycles. The molecule has 0 atom stereocenters. The van der Waals surface area contributed by atoms with Crippen LogP contribution in [0.25, 0.3) is 0 Å². The second-order valence-corrected chi connectivity index (χ2v) is 6.50. The quantitative estimate of drug-likeness (QED) is 0.840. The number of nitrogens with zero attached hydrogens (tertiary/aromatic N) is 4. The molecule has 1 amide bonds. The van der Waals surface area contributed by atoms with Gasteiger partial charge >= 0.3 is 6.09 Å². The Kier molecular flexibility index (Phi) is 4.83. The fraction of sp³-hybridized carbons (Fsp3) is 0.667. The van der Waals surface area contributed by atoms with E-state index in [2.05, 4.69) is 9.97 Å². The number of carbonyl (C=O) groups excluding carboxylic acids is 1. The van der Waals surface area contributed by atoms with Gasteiger partial charge in [0, 0.05) is 26.2 Å². The van der Waals surface area contributed by atoms with Crippen LogP contribution in [0.2, 0.25) is 0 Å². The van der Waals surface area contributed by atoms with Crippen molar-refractivity contribution in [2.45, 2.75) is 45.3 Å². The maximum absolute atomic E-state index is 13.7. The molecule has 0 aromatic carbocycles. The zero-order valence-corrected chi connectivity index (χ0v) is 13.5. The number of halogens is 1. The van der Waals surface area contributed by atoms with Crippen LogP contribution in [0, 0.1) is 5.82 Å². The smallest absolute Gasteiger partial charge is 0.410 e. The standard InChI is InChI=1S/C15H23FN4O2/c1-15(2,3)22-14(21)19(4)11-5-7-20(8-6-11)13-12(16)9-17-10-18-13/h9-11H,5-8H2,1-4H3. The second-order valence-electron chi connectivity index (χ2n) is 6.50. The van der Waals surface area contributed by atoms with Crippen LogP contribution >= 0.6 is 0 Å². The fourth-order valence-corrected chi connectivity index (χ4v) is 2.49. The number of anilines is 1. The van der Waals surface area contributed by atoms with Gasteiger partial charge in [-0.05, 0) is 33.6 Å². The first-order chi connectivity index (χ1) is 10.3. The van der Waals surface area contributed by atoms with Gasteiger partial charge in [-0.2, -0.15) is 0 Å². The lowest BCUT2D eigenvalue weighted by Crippen LogP contribution is -2.47. The van der Waals surface area contributed by atoms with Crippen molar-refractivity contribution in [2.75, 3.05) is 25.0 Å². The predicted molar refractivity (Wildman–Crippen MR) is 81.2 cm³/mol. The van der Waals surface area contributed by atoms with Gasteiger partial charge in [0.1, 0.15) is 11.9 Å². The molecule has 1 aliphatic heterocycles. The number of amides is 1. The summed E-state index contributed by atoms with van der Waals surface area (Å²) in [6, 6.07) is 0.0935. The van der Waals surface area contributed by atoms with Crippen molar-refractivity contribution in [1.29, 1.82) is 0 Å². The molecular weight excluding hydrogens is 287 g/mol. The molecule has 2 rings (SSSR count). The maximum Gasteiger partial charge on any atom is 0.410 e. The Balaban J connectivity index is 1.92. The lowest BCUT2D eigenvalue weighted by molar-refractivity contribution is 0.0200. The molecule has 1 aromatic heterocycles. The SMILES string of the molecule is CN(C(=O)OC(C)(C)C)C1CCN(c2ncncc2F)CC1. The number of hydrogen-bond donors (Lipinski definition) is 0. The highest BCUT2D eigenvalue weighted by atomic mass is 19.1. The van der Waals surface area contributed by atoms with Crippen LogP contribution in [-0.4, -0.2) is 52.7 Å². The summed E-state index contributed by atoms with van der Waals surface area (Å²) in [6.45, 7) is 6.83. The van der Waals surface area contributed by atoms with Gasteiger partial charge in [0.25, 0.3) is 0 Å². The van der Waals surface area contributed by atoms with Crippen LogP contribution in [0.3, 0.4) is 0 Å². The van der Waals surface area contributed by atoms with Gasteiger partial charge in [-0.1, -0.05) is 0 Å². The summed E-state index contributed by atoms with van der Waals surface area (Å²) in [4.78, 5) is 23.2. The molecule has 1 aliphatic rings. The van der Waals surface area contributed by atoms with Gasteiger partial charge in [-0.15, -0.1) is 0 Å². The molecule has 1 aromatic rings. The first-order valence-corrected chi connectivity index (χ1v) is 7.44. The molecule has 1 fully saturated rings. The lowest BCUT2D eigenvalue weighted by atomic mass is 10.0. The third-order valence-electron chi connectivity index (χ3n) is 3.64. The van der Waals surface area contributed by atoms with E-state index in [1.165, 1.54) is 12.5 Å². The number of rotatable bonds is 2. The van der Waals surface area contributed by atoms with E-state index in [1.807, 2.05) is 25.7 Å². The van der Waals surface area contributed by atoms with E-state index in [0.29, 0.717) is 18.9 Å². The second kappa shape index (κ2) is 6.46. The van der Waals surface area contributed by atoms with Crippen LogP contribution in [0.4, 0.5) is 15.0 Å². The highest BCUT2D eigenvalue weighted by molar-refractivity contribution is 5.68. The molecule has 0 N–H and O–H groups in total. The van der Waals surface area contributed by atoms with Crippen LogP contribution < -0.4 is 4.90 Å². The topological polar surface area (TPSA) is 58.6 Å². The van der Waals surface area contributed by atoms with E-state index >= 15 is 0 Å². The Morgan fingerprint density at radius 3 is 2.59 bits per heavy atom. The van der Waals surface area contributed by atoms with Crippen molar-refractivity contribution in [2.24, 2.45) is 0 Å². The Bertz CT molecular complexity index is 525. The molecule has 0 radical (unpaired) electrons. The summed E-state index contributed by atoms with van der Waals surface area (Å²) in [5, 5.41) is 0. The highest BCUT2D eigenvalue weighted by Gasteiger charge is 2.29. The molecule has 0 saturated carbocycles. The normalized spacial score (nSPS) is 16.5. The Hall–Kier alpha value is -1.92. The largest absolute Gasteiger partial charge is 0.444 e. The summed E-state index contributed by atoms with van der Waals surface area (Å²) in [5.74, 6) is -0.0881. The van der Waals surface area contributed by atoms with Crippen LogP contribution in [0.1, 0.15) is 33.6 Å². The molecule has 22 heavy (non-hydrogen) atoms. The van der Waals surface area contributed by atoms with Crippen LogP contribution in [0.15, 0.2) is 12.5 Å². The zero-order valence-electron chi connectivity index (χ0n) is 13.5. The number of aromatic nitrogens is 2. The average Bonchev–Trinajstić information content (AvgIpc) is 2.45. The molecule has 0 unspecified atom stereocenters. The highest BCUT2D eigenvalue weighted by Crippen LogP contribution is 2.23.